The lowest BCUT2D eigenvalue weighted by Crippen LogP contribution is -1.96. The minimum Gasteiger partial charge on any atom is -0.347 e. The molecule has 0 N–H and O–H groups in total. The minimum atomic E-state index is 0.792. The Hall–Kier alpha value is -1.31. The van der Waals surface area contributed by atoms with Gasteiger partial charge < -0.3 is 4.57 Å². The molecule has 0 saturated heterocycles. The van der Waals surface area contributed by atoms with Crippen LogP contribution in [0.5, 0.6) is 0 Å². The van der Waals surface area contributed by atoms with E-state index in [0.717, 1.165) is 34.4 Å². The average molecular weight is 177 g/mol. The van der Waals surface area contributed by atoms with Gasteiger partial charge in [-0.3, -0.25) is 4.79 Å². The number of hydrogen-bond donors (Lipinski definition) is 0. The first-order valence-electron chi connectivity index (χ1n) is 4.27. The predicted molar refractivity (Wildman–Crippen MR) is 55.0 cm³/mol. The van der Waals surface area contributed by atoms with Gasteiger partial charge in [0.2, 0.25) is 0 Å². The zero-order chi connectivity index (χ0) is 10.2. The van der Waals surface area contributed by atoms with Crippen molar-refractivity contribution in [2.24, 2.45) is 7.05 Å². The van der Waals surface area contributed by atoms with Gasteiger partial charge in [-0.25, -0.2) is 0 Å². The molecule has 0 bridgehead atoms. The topological polar surface area (TPSA) is 22.0 Å². The number of allylic oxidation sites excluding steroid dienone is 1. The van der Waals surface area contributed by atoms with Gasteiger partial charge in [0.1, 0.15) is 0 Å². The minimum absolute atomic E-state index is 0.792. The molecule has 0 amide bonds. The Morgan fingerprint density at radius 2 is 2.00 bits per heavy atom. The number of carbonyl (C=O) groups is 1. The van der Waals surface area contributed by atoms with Crippen molar-refractivity contribution in [3.63, 3.8) is 0 Å². The first-order chi connectivity index (χ1) is 6.00. The van der Waals surface area contributed by atoms with Crippen LogP contribution >= 0.6 is 0 Å². The summed E-state index contributed by atoms with van der Waals surface area (Å²) in [4.78, 5) is 10.8. The molecule has 0 aromatic carbocycles. The summed E-state index contributed by atoms with van der Waals surface area (Å²) in [5, 5.41) is 0. The van der Waals surface area contributed by atoms with Crippen LogP contribution in [0.25, 0.3) is 5.57 Å². The highest BCUT2D eigenvalue weighted by Gasteiger charge is 2.14. The molecule has 0 aliphatic rings. The largest absolute Gasteiger partial charge is 0.347 e. The standard InChI is InChI=1S/C11H15NO/c1-7(2)11-8(3)10(6-13)9(4)12(11)5/h6H,1H2,2-5H3. The summed E-state index contributed by atoms with van der Waals surface area (Å²) < 4.78 is 2.02. The van der Waals surface area contributed by atoms with Crippen LogP contribution in [0.1, 0.15) is 34.2 Å². The molecule has 0 radical (unpaired) electrons. The number of hydrogen-bond acceptors (Lipinski definition) is 1. The molecule has 1 aromatic rings. The predicted octanol–water partition coefficient (Wildman–Crippen LogP) is 2.49. The summed E-state index contributed by atoms with van der Waals surface area (Å²) in [6.07, 6.45) is 0.914. The zero-order valence-electron chi connectivity index (χ0n) is 8.64. The van der Waals surface area contributed by atoms with Gasteiger partial charge in [-0.15, -0.1) is 0 Å². The Balaban J connectivity index is 3.54. The van der Waals surface area contributed by atoms with Crippen LogP contribution in [-0.2, 0) is 7.05 Å². The Morgan fingerprint density at radius 3 is 2.23 bits per heavy atom. The molecule has 13 heavy (non-hydrogen) atoms. The second-order valence-corrected chi connectivity index (χ2v) is 3.43. The molecule has 1 rings (SSSR count). The van der Waals surface area contributed by atoms with E-state index in [4.69, 9.17) is 0 Å². The van der Waals surface area contributed by atoms with Crippen molar-refractivity contribution in [3.05, 3.63) is 29.1 Å². The van der Waals surface area contributed by atoms with Gasteiger partial charge in [-0.2, -0.15) is 0 Å². The molecule has 1 heterocycles. The lowest BCUT2D eigenvalue weighted by molar-refractivity contribution is 0.112. The Kier molecular flexibility index (Phi) is 2.41. The van der Waals surface area contributed by atoms with Crippen molar-refractivity contribution < 1.29 is 4.79 Å². The third-order valence-electron chi connectivity index (χ3n) is 2.51. The molecule has 0 saturated carbocycles. The molecular weight excluding hydrogens is 162 g/mol. The van der Waals surface area contributed by atoms with Gasteiger partial charge in [0, 0.05) is 24.0 Å². The maximum Gasteiger partial charge on any atom is 0.152 e. The third kappa shape index (κ3) is 1.32. The van der Waals surface area contributed by atoms with Crippen molar-refractivity contribution in [2.45, 2.75) is 20.8 Å². The van der Waals surface area contributed by atoms with Crippen LogP contribution in [0.2, 0.25) is 0 Å². The van der Waals surface area contributed by atoms with E-state index in [1.54, 1.807) is 0 Å². The van der Waals surface area contributed by atoms with Gasteiger partial charge >= 0.3 is 0 Å². The second kappa shape index (κ2) is 3.21. The first kappa shape index (κ1) is 9.78. The average Bonchev–Trinajstić information content (AvgIpc) is 2.24. The molecule has 1 aromatic heterocycles. The van der Waals surface area contributed by atoms with Crippen LogP contribution in [-0.4, -0.2) is 10.9 Å². The van der Waals surface area contributed by atoms with Crippen LogP contribution < -0.4 is 0 Å². The molecule has 2 heteroatoms. The molecule has 0 aliphatic heterocycles. The fraction of sp³-hybridized carbons (Fsp3) is 0.364. The first-order valence-corrected chi connectivity index (χ1v) is 4.27. The van der Waals surface area contributed by atoms with Crippen LogP contribution in [0, 0.1) is 13.8 Å². The monoisotopic (exact) mass is 177 g/mol. The quantitative estimate of drug-likeness (QED) is 0.636. The van der Waals surface area contributed by atoms with E-state index >= 15 is 0 Å². The maximum absolute atomic E-state index is 10.8. The second-order valence-electron chi connectivity index (χ2n) is 3.43. The molecule has 0 unspecified atom stereocenters. The van der Waals surface area contributed by atoms with E-state index in [1.165, 1.54) is 0 Å². The van der Waals surface area contributed by atoms with E-state index < -0.39 is 0 Å². The molecule has 0 atom stereocenters. The van der Waals surface area contributed by atoms with Gasteiger partial charge in [-0.05, 0) is 31.9 Å². The van der Waals surface area contributed by atoms with E-state index in [-0.39, 0.29) is 0 Å². The highest BCUT2D eigenvalue weighted by Crippen LogP contribution is 2.24. The summed E-state index contributed by atoms with van der Waals surface area (Å²) >= 11 is 0. The molecule has 0 fully saturated rings. The van der Waals surface area contributed by atoms with E-state index in [2.05, 4.69) is 6.58 Å². The van der Waals surface area contributed by atoms with Crippen molar-refractivity contribution >= 4 is 11.9 Å². The molecule has 0 aliphatic carbocycles. The summed E-state index contributed by atoms with van der Waals surface area (Å²) in [6, 6.07) is 0. The SMILES string of the molecule is C=C(C)c1c(C)c(C=O)c(C)n1C. The maximum atomic E-state index is 10.8. The molecule has 0 spiro atoms. The van der Waals surface area contributed by atoms with E-state index in [0.29, 0.717) is 0 Å². The van der Waals surface area contributed by atoms with E-state index in [1.807, 2.05) is 32.4 Å². The highest BCUT2D eigenvalue weighted by atomic mass is 16.1. The van der Waals surface area contributed by atoms with Crippen molar-refractivity contribution in [2.75, 3.05) is 0 Å². The van der Waals surface area contributed by atoms with Crippen LogP contribution in [0.15, 0.2) is 6.58 Å². The number of rotatable bonds is 2. The lowest BCUT2D eigenvalue weighted by atomic mass is 10.1. The molecule has 70 valence electrons. The fourth-order valence-electron chi connectivity index (χ4n) is 1.78. The summed E-state index contributed by atoms with van der Waals surface area (Å²) in [5.41, 5.74) is 4.89. The molecular formula is C11H15NO. The van der Waals surface area contributed by atoms with Crippen LogP contribution in [0.4, 0.5) is 0 Å². The Bertz CT molecular complexity index is 372. The number of aldehydes is 1. The Morgan fingerprint density at radius 1 is 1.46 bits per heavy atom. The lowest BCUT2D eigenvalue weighted by Gasteiger charge is -2.04. The zero-order valence-corrected chi connectivity index (χ0v) is 8.64. The number of nitrogens with zero attached hydrogens (tertiary/aromatic N) is 1. The normalized spacial score (nSPS) is 10.2. The number of carbonyl (C=O) groups excluding carboxylic acids is 1. The van der Waals surface area contributed by atoms with E-state index in [9.17, 15) is 4.79 Å². The fourth-order valence-corrected chi connectivity index (χ4v) is 1.78. The number of aromatic nitrogens is 1. The molecule has 2 nitrogen and oxygen atoms in total. The van der Waals surface area contributed by atoms with Gasteiger partial charge in [-0.1, -0.05) is 6.58 Å². The van der Waals surface area contributed by atoms with Crippen LogP contribution in [0.3, 0.4) is 0 Å². The van der Waals surface area contributed by atoms with Crippen molar-refractivity contribution in [3.8, 4) is 0 Å². The third-order valence-corrected chi connectivity index (χ3v) is 2.51. The van der Waals surface area contributed by atoms with Gasteiger partial charge in [0.05, 0.1) is 0 Å². The smallest absolute Gasteiger partial charge is 0.152 e. The Labute approximate surface area is 78.9 Å². The highest BCUT2D eigenvalue weighted by molar-refractivity contribution is 5.83. The van der Waals surface area contributed by atoms with Gasteiger partial charge in [0.15, 0.2) is 6.29 Å². The summed E-state index contributed by atoms with van der Waals surface area (Å²) in [7, 11) is 1.96. The summed E-state index contributed by atoms with van der Waals surface area (Å²) in [5.74, 6) is 0. The van der Waals surface area contributed by atoms with Gasteiger partial charge in [0.25, 0.3) is 0 Å². The van der Waals surface area contributed by atoms with Crippen molar-refractivity contribution in [1.29, 1.82) is 0 Å². The summed E-state index contributed by atoms with van der Waals surface area (Å²) in [6.45, 7) is 9.76. The van der Waals surface area contributed by atoms with Crippen molar-refractivity contribution in [1.82, 2.24) is 4.57 Å².